The van der Waals surface area contributed by atoms with E-state index in [1.165, 1.54) is 19.9 Å². The van der Waals surface area contributed by atoms with Crippen molar-refractivity contribution >= 4 is 17.6 Å². The highest BCUT2D eigenvalue weighted by Gasteiger charge is 2.52. The van der Waals surface area contributed by atoms with Crippen molar-refractivity contribution < 1.29 is 39.5 Å². The number of aromatic hydroxyl groups is 4. The van der Waals surface area contributed by atoms with Gasteiger partial charge in [0.05, 0.1) is 5.56 Å². The topological polar surface area (TPSA) is 134 Å². The Bertz CT molecular complexity index is 1570. The number of rotatable bonds is 4. The number of phenols is 4. The SMILES string of the molecule is CC(=O)c1c(O)c(C)c2c(c1O)C[C@H]1[C@@H](O2)c2c(O)c(C)c(O)c(C(=O)/C=C/c3ccccc3)c2OC1(C)C. The molecule has 2 aliphatic heterocycles. The molecule has 0 unspecified atom stereocenters. The number of carbonyl (C=O) groups is 2. The summed E-state index contributed by atoms with van der Waals surface area (Å²) < 4.78 is 12.7. The Labute approximate surface area is 225 Å². The minimum absolute atomic E-state index is 0.0134. The zero-order chi connectivity index (χ0) is 28.4. The van der Waals surface area contributed by atoms with Crippen LogP contribution in [0.5, 0.6) is 34.5 Å². The molecule has 0 aromatic heterocycles. The van der Waals surface area contributed by atoms with Crippen molar-refractivity contribution in [1.82, 2.24) is 0 Å². The standard InChI is InChI=1S/C31H30O8/c1-14-24(34)22(20(33)12-11-17-9-7-6-8-10-17)30-23(25(14)35)29-19(31(4,5)39-30)13-18-27(37)21(16(3)32)26(36)15(2)28(18)38-29/h6-12,19,29,34-37H,13H2,1-5H3/b12-11+/t19-,29+/m0/s1. The lowest BCUT2D eigenvalue weighted by Crippen LogP contribution is -2.49. The Balaban J connectivity index is 1.69. The van der Waals surface area contributed by atoms with Crippen molar-refractivity contribution in [3.05, 3.63) is 75.4 Å². The van der Waals surface area contributed by atoms with Crippen LogP contribution in [-0.4, -0.2) is 37.6 Å². The van der Waals surface area contributed by atoms with Crippen molar-refractivity contribution in [1.29, 1.82) is 0 Å². The molecular weight excluding hydrogens is 500 g/mol. The van der Waals surface area contributed by atoms with Crippen molar-refractivity contribution in [3.8, 4) is 34.5 Å². The second-order valence-electron chi connectivity index (χ2n) is 10.7. The highest BCUT2D eigenvalue weighted by atomic mass is 16.5. The molecular formula is C31H30O8. The summed E-state index contributed by atoms with van der Waals surface area (Å²) in [5.41, 5.74) is 0.456. The van der Waals surface area contributed by atoms with Crippen LogP contribution in [-0.2, 0) is 6.42 Å². The Hall–Kier alpha value is -4.46. The van der Waals surface area contributed by atoms with Crippen LogP contribution in [0.2, 0.25) is 0 Å². The van der Waals surface area contributed by atoms with Gasteiger partial charge in [0.15, 0.2) is 11.6 Å². The molecule has 3 aromatic carbocycles. The summed E-state index contributed by atoms with van der Waals surface area (Å²) in [6, 6.07) is 9.22. The number of carbonyl (C=O) groups excluding carboxylic acids is 2. The molecule has 0 amide bonds. The first-order valence-electron chi connectivity index (χ1n) is 12.6. The van der Waals surface area contributed by atoms with E-state index in [9.17, 15) is 30.0 Å². The van der Waals surface area contributed by atoms with Crippen LogP contribution >= 0.6 is 0 Å². The van der Waals surface area contributed by atoms with Gasteiger partial charge in [-0.2, -0.15) is 0 Å². The summed E-state index contributed by atoms with van der Waals surface area (Å²) in [6.07, 6.45) is 2.32. The van der Waals surface area contributed by atoms with E-state index < -0.39 is 34.9 Å². The number of hydrogen-bond donors (Lipinski definition) is 4. The minimum atomic E-state index is -0.990. The van der Waals surface area contributed by atoms with E-state index in [2.05, 4.69) is 0 Å². The van der Waals surface area contributed by atoms with Crippen LogP contribution in [0.1, 0.15) is 75.4 Å². The molecule has 2 aliphatic rings. The molecule has 8 nitrogen and oxygen atoms in total. The lowest BCUT2D eigenvalue weighted by molar-refractivity contribution is -0.0544. The summed E-state index contributed by atoms with van der Waals surface area (Å²) >= 11 is 0. The van der Waals surface area contributed by atoms with Crippen LogP contribution in [0, 0.1) is 19.8 Å². The van der Waals surface area contributed by atoms with Crippen LogP contribution in [0.15, 0.2) is 36.4 Å². The maximum absolute atomic E-state index is 13.4. The molecule has 0 spiro atoms. The van der Waals surface area contributed by atoms with E-state index in [1.807, 2.05) is 30.3 Å². The van der Waals surface area contributed by atoms with Gasteiger partial charge in [-0.05, 0) is 52.7 Å². The van der Waals surface area contributed by atoms with Gasteiger partial charge in [-0.15, -0.1) is 0 Å². The van der Waals surface area contributed by atoms with E-state index in [4.69, 9.17) is 9.47 Å². The molecule has 39 heavy (non-hydrogen) atoms. The quantitative estimate of drug-likeness (QED) is 0.250. The van der Waals surface area contributed by atoms with E-state index in [0.29, 0.717) is 5.56 Å². The van der Waals surface area contributed by atoms with Crippen LogP contribution < -0.4 is 9.47 Å². The zero-order valence-corrected chi connectivity index (χ0v) is 22.3. The highest BCUT2D eigenvalue weighted by molar-refractivity contribution is 6.11. The van der Waals surface area contributed by atoms with Crippen LogP contribution in [0.3, 0.4) is 0 Å². The number of ketones is 2. The summed E-state index contributed by atoms with van der Waals surface area (Å²) in [6.45, 7) is 7.92. The van der Waals surface area contributed by atoms with Gasteiger partial charge in [-0.1, -0.05) is 36.4 Å². The first kappa shape index (κ1) is 26.2. The molecule has 0 saturated heterocycles. The molecule has 4 N–H and O–H groups in total. The number of ether oxygens (including phenoxy) is 2. The van der Waals surface area contributed by atoms with Gasteiger partial charge in [0.2, 0.25) is 0 Å². The summed E-state index contributed by atoms with van der Waals surface area (Å²) in [5, 5.41) is 43.8. The highest BCUT2D eigenvalue weighted by Crippen LogP contribution is 2.59. The number of phenolic OH excluding ortho intramolecular Hbond substituents is 4. The van der Waals surface area contributed by atoms with Crippen LogP contribution in [0.25, 0.3) is 6.08 Å². The number of allylic oxidation sites excluding steroid dienone is 1. The lowest BCUT2D eigenvalue weighted by Gasteiger charge is -2.48. The average molecular weight is 531 g/mol. The summed E-state index contributed by atoms with van der Waals surface area (Å²) in [7, 11) is 0. The monoisotopic (exact) mass is 530 g/mol. The predicted molar refractivity (Wildman–Crippen MR) is 144 cm³/mol. The first-order valence-corrected chi connectivity index (χ1v) is 12.6. The summed E-state index contributed by atoms with van der Waals surface area (Å²) in [5.74, 6) is -2.66. The molecule has 0 bridgehead atoms. The Morgan fingerprint density at radius 3 is 2.18 bits per heavy atom. The maximum Gasteiger partial charge on any atom is 0.193 e. The Kier molecular flexibility index (Phi) is 6.09. The fourth-order valence-electron chi connectivity index (χ4n) is 5.59. The third kappa shape index (κ3) is 3.98. The smallest absolute Gasteiger partial charge is 0.193 e. The van der Waals surface area contributed by atoms with Crippen molar-refractivity contribution in [2.24, 2.45) is 5.92 Å². The molecule has 202 valence electrons. The molecule has 2 heterocycles. The maximum atomic E-state index is 13.4. The van der Waals surface area contributed by atoms with Gasteiger partial charge in [0, 0.05) is 22.6 Å². The van der Waals surface area contributed by atoms with Gasteiger partial charge in [-0.3, -0.25) is 9.59 Å². The molecule has 0 fully saturated rings. The van der Waals surface area contributed by atoms with E-state index in [-0.39, 0.29) is 63.0 Å². The molecule has 0 radical (unpaired) electrons. The number of benzene rings is 3. The first-order chi connectivity index (χ1) is 18.3. The zero-order valence-electron chi connectivity index (χ0n) is 22.3. The predicted octanol–water partition coefficient (Wildman–Crippen LogP) is 5.69. The third-order valence-corrected chi connectivity index (χ3v) is 7.81. The second-order valence-corrected chi connectivity index (χ2v) is 10.7. The average Bonchev–Trinajstić information content (AvgIpc) is 2.89. The van der Waals surface area contributed by atoms with E-state index >= 15 is 0 Å². The largest absolute Gasteiger partial charge is 0.507 e. The van der Waals surface area contributed by atoms with Gasteiger partial charge in [0.25, 0.3) is 0 Å². The van der Waals surface area contributed by atoms with Gasteiger partial charge < -0.3 is 29.9 Å². The third-order valence-electron chi connectivity index (χ3n) is 7.81. The molecule has 2 atom stereocenters. The fourth-order valence-corrected chi connectivity index (χ4v) is 5.59. The molecule has 0 saturated carbocycles. The summed E-state index contributed by atoms with van der Waals surface area (Å²) in [4.78, 5) is 25.6. The lowest BCUT2D eigenvalue weighted by atomic mass is 9.73. The van der Waals surface area contributed by atoms with E-state index in [1.54, 1.807) is 26.8 Å². The fraction of sp³-hybridized carbons (Fsp3) is 0.290. The van der Waals surface area contributed by atoms with Crippen molar-refractivity contribution in [3.63, 3.8) is 0 Å². The van der Waals surface area contributed by atoms with Crippen molar-refractivity contribution in [2.75, 3.05) is 0 Å². The second kappa shape index (κ2) is 9.08. The molecule has 8 heteroatoms. The normalized spacial score (nSPS) is 18.9. The molecule has 0 aliphatic carbocycles. The van der Waals surface area contributed by atoms with Gasteiger partial charge in [0.1, 0.15) is 57.3 Å². The number of Topliss-reactive ketones (excluding diaryl/α,β-unsaturated/α-hetero) is 1. The van der Waals surface area contributed by atoms with E-state index in [0.717, 1.165) is 5.56 Å². The molecule has 3 aromatic rings. The van der Waals surface area contributed by atoms with Gasteiger partial charge >= 0.3 is 0 Å². The Morgan fingerprint density at radius 2 is 1.54 bits per heavy atom. The van der Waals surface area contributed by atoms with Crippen molar-refractivity contribution in [2.45, 2.75) is 52.7 Å². The molecule has 5 rings (SSSR count). The van der Waals surface area contributed by atoms with Crippen LogP contribution in [0.4, 0.5) is 0 Å². The number of fused-ring (bicyclic) bond motifs is 4. The number of hydrogen-bond acceptors (Lipinski definition) is 8. The Morgan fingerprint density at radius 1 is 0.897 bits per heavy atom. The minimum Gasteiger partial charge on any atom is -0.507 e. The van der Waals surface area contributed by atoms with Gasteiger partial charge in [-0.25, -0.2) is 0 Å².